The summed E-state index contributed by atoms with van der Waals surface area (Å²) in [5.41, 5.74) is 2.03. The molecule has 10 nitrogen and oxygen atoms in total. The average Bonchev–Trinajstić information content (AvgIpc) is 2.94. The van der Waals surface area contributed by atoms with E-state index in [1.807, 2.05) is 32.0 Å². The van der Waals surface area contributed by atoms with Crippen LogP contribution in [0.25, 0.3) is 6.08 Å². The van der Waals surface area contributed by atoms with Gasteiger partial charge in [0.05, 0.1) is 19.4 Å². The van der Waals surface area contributed by atoms with Crippen molar-refractivity contribution in [3.8, 4) is 17.2 Å². The van der Waals surface area contributed by atoms with Crippen LogP contribution in [-0.2, 0) is 14.4 Å². The van der Waals surface area contributed by atoms with Crippen LogP contribution in [0.4, 0.5) is 16.2 Å². The van der Waals surface area contributed by atoms with Gasteiger partial charge in [0.15, 0.2) is 18.1 Å². The highest BCUT2D eigenvalue weighted by Gasteiger charge is 2.37. The van der Waals surface area contributed by atoms with Gasteiger partial charge < -0.3 is 19.5 Å². The number of aryl methyl sites for hydroxylation is 1. The number of ether oxygens (including phenoxy) is 3. The summed E-state index contributed by atoms with van der Waals surface area (Å²) in [6.45, 7) is 4.09. The van der Waals surface area contributed by atoms with E-state index in [-0.39, 0.29) is 23.8 Å². The fraction of sp³-hybridized carbons (Fsp3) is 0.200. The zero-order chi connectivity index (χ0) is 28.6. The first-order valence-electron chi connectivity index (χ1n) is 12.6. The fourth-order valence-corrected chi connectivity index (χ4v) is 3.93. The monoisotopic (exact) mass is 543 g/mol. The number of nitrogens with zero attached hydrogens (tertiary/aromatic N) is 1. The molecule has 5 amide bonds. The van der Waals surface area contributed by atoms with E-state index >= 15 is 0 Å². The second kappa shape index (κ2) is 12.6. The molecular weight excluding hydrogens is 514 g/mol. The molecule has 3 aromatic carbocycles. The van der Waals surface area contributed by atoms with Crippen LogP contribution in [0, 0.1) is 6.92 Å². The number of rotatable bonds is 10. The van der Waals surface area contributed by atoms with E-state index in [0.29, 0.717) is 35.1 Å². The maximum atomic E-state index is 13.3. The number of para-hydroxylation sites is 1. The molecular formula is C30H29N3O7. The van der Waals surface area contributed by atoms with Crippen molar-refractivity contribution in [3.63, 3.8) is 0 Å². The van der Waals surface area contributed by atoms with E-state index in [1.165, 1.54) is 25.3 Å². The molecule has 10 heteroatoms. The number of imide groups is 2. The Kier molecular flexibility index (Phi) is 8.80. The van der Waals surface area contributed by atoms with Crippen LogP contribution in [0.15, 0.2) is 72.3 Å². The van der Waals surface area contributed by atoms with Gasteiger partial charge in [0.25, 0.3) is 17.7 Å². The lowest BCUT2D eigenvalue weighted by atomic mass is 10.1. The summed E-state index contributed by atoms with van der Waals surface area (Å²) in [6.07, 6.45) is 2.15. The second-order valence-electron chi connectivity index (χ2n) is 8.87. The van der Waals surface area contributed by atoms with Gasteiger partial charge in [-0.2, -0.15) is 0 Å². The van der Waals surface area contributed by atoms with Crippen LogP contribution in [0.2, 0.25) is 0 Å². The van der Waals surface area contributed by atoms with Crippen molar-refractivity contribution < 1.29 is 33.4 Å². The van der Waals surface area contributed by atoms with Gasteiger partial charge >= 0.3 is 6.03 Å². The molecule has 1 heterocycles. The Morgan fingerprint density at radius 1 is 0.975 bits per heavy atom. The number of carbonyl (C=O) groups is 4. The maximum Gasteiger partial charge on any atom is 0.335 e. The molecule has 0 bridgehead atoms. The van der Waals surface area contributed by atoms with Crippen molar-refractivity contribution in [1.82, 2.24) is 5.32 Å². The Morgan fingerprint density at radius 2 is 1.77 bits per heavy atom. The van der Waals surface area contributed by atoms with Crippen LogP contribution in [0.5, 0.6) is 17.2 Å². The molecule has 0 saturated carbocycles. The molecule has 3 aromatic rings. The van der Waals surface area contributed by atoms with Crippen LogP contribution >= 0.6 is 0 Å². The van der Waals surface area contributed by atoms with Gasteiger partial charge in [0, 0.05) is 11.8 Å². The molecule has 1 aliphatic heterocycles. The summed E-state index contributed by atoms with van der Waals surface area (Å²) in [5, 5.41) is 4.99. The summed E-state index contributed by atoms with van der Waals surface area (Å²) < 4.78 is 16.6. The summed E-state index contributed by atoms with van der Waals surface area (Å²) in [6, 6.07) is 17.7. The number of hydrogen-bond acceptors (Lipinski definition) is 7. The van der Waals surface area contributed by atoms with Crippen LogP contribution < -0.4 is 29.7 Å². The average molecular weight is 544 g/mol. The van der Waals surface area contributed by atoms with Crippen LogP contribution in [-0.4, -0.2) is 44.1 Å². The largest absolute Gasteiger partial charge is 0.493 e. The molecule has 40 heavy (non-hydrogen) atoms. The smallest absolute Gasteiger partial charge is 0.335 e. The normalized spacial score (nSPS) is 14.1. The molecule has 0 spiro atoms. The molecule has 206 valence electrons. The lowest BCUT2D eigenvalue weighted by Crippen LogP contribution is -2.54. The summed E-state index contributed by atoms with van der Waals surface area (Å²) in [4.78, 5) is 51.8. The minimum Gasteiger partial charge on any atom is -0.493 e. The van der Waals surface area contributed by atoms with Gasteiger partial charge in [0.2, 0.25) is 0 Å². The standard InChI is InChI=1S/C30H29N3O7/c1-4-14-39-25-13-12-21(17-26(25)38-3)33-29(36)23(28(35)32-30(33)37)16-20-9-7-10-22(15-20)40-18-27(34)31-24-11-6-5-8-19(24)2/h5-13,15-17H,4,14,18H2,1-3H3,(H,31,34)(H,32,35,37)/b23-16-. The first kappa shape index (κ1) is 27.9. The first-order valence-corrected chi connectivity index (χ1v) is 12.6. The molecule has 0 radical (unpaired) electrons. The Balaban J connectivity index is 1.51. The minimum atomic E-state index is -0.881. The number of urea groups is 1. The number of hydrogen-bond donors (Lipinski definition) is 2. The SMILES string of the molecule is CCCOc1ccc(N2C(=O)NC(=O)/C(=C/c3cccc(OCC(=O)Nc4ccccc4C)c3)C2=O)cc1OC. The van der Waals surface area contributed by atoms with Gasteiger partial charge in [-0.25, -0.2) is 9.69 Å². The van der Waals surface area contributed by atoms with E-state index < -0.39 is 17.8 Å². The molecule has 0 atom stereocenters. The van der Waals surface area contributed by atoms with E-state index in [0.717, 1.165) is 16.9 Å². The van der Waals surface area contributed by atoms with Gasteiger partial charge in [-0.05, 0) is 60.9 Å². The molecule has 0 aromatic heterocycles. The predicted molar refractivity (Wildman–Crippen MR) is 150 cm³/mol. The Hall–Kier alpha value is -5.12. The van der Waals surface area contributed by atoms with Crippen molar-refractivity contribution in [2.45, 2.75) is 20.3 Å². The highest BCUT2D eigenvalue weighted by Crippen LogP contribution is 2.33. The number of benzene rings is 3. The third-order valence-corrected chi connectivity index (χ3v) is 5.93. The van der Waals surface area contributed by atoms with E-state index in [9.17, 15) is 19.2 Å². The number of barbiturate groups is 1. The first-order chi connectivity index (χ1) is 19.3. The Morgan fingerprint density at radius 3 is 2.52 bits per heavy atom. The third kappa shape index (κ3) is 6.47. The van der Waals surface area contributed by atoms with Gasteiger partial charge in [0.1, 0.15) is 11.3 Å². The Labute approximate surface area is 231 Å². The molecule has 1 saturated heterocycles. The van der Waals surface area contributed by atoms with Crippen molar-refractivity contribution in [2.75, 3.05) is 30.5 Å². The summed E-state index contributed by atoms with van der Waals surface area (Å²) in [7, 11) is 1.45. The molecule has 4 rings (SSSR count). The minimum absolute atomic E-state index is 0.207. The van der Waals surface area contributed by atoms with Gasteiger partial charge in [-0.3, -0.25) is 19.7 Å². The quantitative estimate of drug-likeness (QED) is 0.286. The molecule has 1 fully saturated rings. The molecule has 0 aliphatic carbocycles. The van der Waals surface area contributed by atoms with Crippen molar-refractivity contribution >= 4 is 41.2 Å². The number of nitrogens with one attached hydrogen (secondary N) is 2. The Bertz CT molecular complexity index is 1480. The van der Waals surface area contributed by atoms with E-state index in [2.05, 4.69) is 10.6 Å². The third-order valence-electron chi connectivity index (χ3n) is 5.93. The lowest BCUT2D eigenvalue weighted by Gasteiger charge is -2.27. The number of amides is 5. The van der Waals surface area contributed by atoms with Crippen LogP contribution in [0.3, 0.4) is 0 Å². The maximum absolute atomic E-state index is 13.3. The number of carbonyl (C=O) groups excluding carboxylic acids is 4. The number of anilines is 2. The zero-order valence-corrected chi connectivity index (χ0v) is 22.4. The molecule has 0 unspecified atom stereocenters. The predicted octanol–water partition coefficient (Wildman–Crippen LogP) is 4.48. The number of methoxy groups -OCH3 is 1. The second-order valence-corrected chi connectivity index (χ2v) is 8.87. The van der Waals surface area contributed by atoms with E-state index in [1.54, 1.807) is 36.4 Å². The highest BCUT2D eigenvalue weighted by atomic mass is 16.5. The van der Waals surface area contributed by atoms with E-state index in [4.69, 9.17) is 14.2 Å². The molecule has 2 N–H and O–H groups in total. The topological polar surface area (TPSA) is 123 Å². The summed E-state index contributed by atoms with van der Waals surface area (Å²) in [5.74, 6) is -0.805. The summed E-state index contributed by atoms with van der Waals surface area (Å²) >= 11 is 0. The highest BCUT2D eigenvalue weighted by molar-refractivity contribution is 6.39. The van der Waals surface area contributed by atoms with Gasteiger partial charge in [-0.15, -0.1) is 0 Å². The van der Waals surface area contributed by atoms with Crippen molar-refractivity contribution in [1.29, 1.82) is 0 Å². The zero-order valence-electron chi connectivity index (χ0n) is 22.4. The van der Waals surface area contributed by atoms with Crippen molar-refractivity contribution in [2.24, 2.45) is 0 Å². The lowest BCUT2D eigenvalue weighted by molar-refractivity contribution is -0.122. The fourth-order valence-electron chi connectivity index (χ4n) is 3.93. The van der Waals surface area contributed by atoms with Gasteiger partial charge in [-0.1, -0.05) is 37.3 Å². The van der Waals surface area contributed by atoms with Crippen molar-refractivity contribution in [3.05, 3.63) is 83.4 Å². The molecule has 1 aliphatic rings. The van der Waals surface area contributed by atoms with Crippen LogP contribution in [0.1, 0.15) is 24.5 Å².